The Bertz CT molecular complexity index is 676. The van der Waals surface area contributed by atoms with E-state index in [1.165, 1.54) is 12.5 Å². The van der Waals surface area contributed by atoms with Gasteiger partial charge in [0.05, 0.1) is 18.0 Å². The summed E-state index contributed by atoms with van der Waals surface area (Å²) < 4.78 is 15.5. The van der Waals surface area contributed by atoms with Crippen LogP contribution >= 0.6 is 0 Å². The summed E-state index contributed by atoms with van der Waals surface area (Å²) in [6.45, 7) is 1.95. The first kappa shape index (κ1) is 12.3. The number of ether oxygens (including phenoxy) is 2. The molecule has 0 bridgehead atoms. The molecule has 3 rings (SSSR count). The van der Waals surface area contributed by atoms with Gasteiger partial charge in [-0.1, -0.05) is 0 Å². The molecule has 1 aliphatic rings. The molecule has 20 heavy (non-hydrogen) atoms. The molecule has 1 aromatic heterocycles. The molecular formula is C14H12N2O4. The Morgan fingerprint density at radius 1 is 1.30 bits per heavy atom. The van der Waals surface area contributed by atoms with Crippen molar-refractivity contribution in [3.05, 3.63) is 47.4 Å². The molecule has 6 nitrogen and oxygen atoms in total. The minimum Gasteiger partial charge on any atom is -0.469 e. The highest BCUT2D eigenvalue weighted by Gasteiger charge is 2.13. The number of carbonyl (C=O) groups is 1. The van der Waals surface area contributed by atoms with Gasteiger partial charge in [-0.25, -0.2) is 5.43 Å². The standard InChI is InChI=1S/C14H12N2O4/c1-9-11(4-5-18-9)14(17)16-15-7-10-2-3-12-13(6-10)20-8-19-12/h2-7H,8H2,1H3,(H,16,17). The van der Waals surface area contributed by atoms with E-state index in [4.69, 9.17) is 13.9 Å². The number of amides is 1. The maximum atomic E-state index is 11.8. The molecule has 1 aromatic carbocycles. The maximum Gasteiger partial charge on any atom is 0.274 e. The Balaban J connectivity index is 1.66. The van der Waals surface area contributed by atoms with Crippen LogP contribution < -0.4 is 14.9 Å². The fraction of sp³-hybridized carbons (Fsp3) is 0.143. The third-order valence-corrected chi connectivity index (χ3v) is 2.88. The largest absolute Gasteiger partial charge is 0.469 e. The van der Waals surface area contributed by atoms with E-state index < -0.39 is 0 Å². The predicted molar refractivity (Wildman–Crippen MR) is 71.1 cm³/mol. The van der Waals surface area contributed by atoms with Crippen molar-refractivity contribution in [3.8, 4) is 11.5 Å². The number of fused-ring (bicyclic) bond motifs is 1. The molecule has 0 saturated carbocycles. The number of aryl methyl sites for hydroxylation is 1. The summed E-state index contributed by atoms with van der Waals surface area (Å²) in [7, 11) is 0. The van der Waals surface area contributed by atoms with Gasteiger partial charge >= 0.3 is 0 Å². The van der Waals surface area contributed by atoms with Crippen LogP contribution in [0.1, 0.15) is 21.7 Å². The monoisotopic (exact) mass is 272 g/mol. The number of hydrogen-bond acceptors (Lipinski definition) is 5. The Kier molecular flexibility index (Phi) is 3.12. The Morgan fingerprint density at radius 2 is 2.15 bits per heavy atom. The van der Waals surface area contributed by atoms with Crippen molar-refractivity contribution >= 4 is 12.1 Å². The zero-order valence-electron chi connectivity index (χ0n) is 10.8. The number of rotatable bonds is 3. The summed E-state index contributed by atoms with van der Waals surface area (Å²) >= 11 is 0. The maximum absolute atomic E-state index is 11.8. The van der Waals surface area contributed by atoms with Crippen LogP contribution in [0, 0.1) is 6.92 Å². The Hall–Kier alpha value is -2.76. The van der Waals surface area contributed by atoms with E-state index in [1.807, 2.05) is 6.07 Å². The SMILES string of the molecule is Cc1occc1C(=O)NN=Cc1ccc2c(c1)OCO2. The van der Waals surface area contributed by atoms with Crippen LogP contribution in [0.25, 0.3) is 0 Å². The first-order valence-electron chi connectivity index (χ1n) is 6.01. The fourth-order valence-corrected chi connectivity index (χ4v) is 1.84. The molecule has 0 aliphatic carbocycles. The van der Waals surface area contributed by atoms with Crippen molar-refractivity contribution in [2.45, 2.75) is 6.92 Å². The van der Waals surface area contributed by atoms with Gasteiger partial charge in [0.1, 0.15) is 5.76 Å². The number of hydrazone groups is 1. The van der Waals surface area contributed by atoms with E-state index in [2.05, 4.69) is 10.5 Å². The number of furan rings is 1. The molecule has 1 N–H and O–H groups in total. The van der Waals surface area contributed by atoms with Crippen molar-refractivity contribution in [1.29, 1.82) is 0 Å². The predicted octanol–water partition coefficient (Wildman–Crippen LogP) is 2.08. The molecule has 0 fully saturated rings. The summed E-state index contributed by atoms with van der Waals surface area (Å²) in [6.07, 6.45) is 3.00. The van der Waals surface area contributed by atoms with Gasteiger partial charge in [-0.15, -0.1) is 0 Å². The molecule has 0 atom stereocenters. The lowest BCUT2D eigenvalue weighted by molar-refractivity contribution is 0.0953. The van der Waals surface area contributed by atoms with E-state index in [1.54, 1.807) is 25.1 Å². The van der Waals surface area contributed by atoms with Gasteiger partial charge in [0.25, 0.3) is 5.91 Å². The fourth-order valence-electron chi connectivity index (χ4n) is 1.84. The summed E-state index contributed by atoms with van der Waals surface area (Å²) in [4.78, 5) is 11.8. The lowest BCUT2D eigenvalue weighted by atomic mass is 10.2. The highest BCUT2D eigenvalue weighted by atomic mass is 16.7. The summed E-state index contributed by atoms with van der Waals surface area (Å²) in [5, 5.41) is 3.90. The lowest BCUT2D eigenvalue weighted by Gasteiger charge is -1.99. The molecule has 2 heterocycles. The van der Waals surface area contributed by atoms with Crippen LogP contribution in [0.5, 0.6) is 11.5 Å². The second kappa shape index (κ2) is 5.08. The molecule has 0 radical (unpaired) electrons. The highest BCUT2D eigenvalue weighted by Crippen LogP contribution is 2.31. The normalized spacial score (nSPS) is 12.8. The molecule has 102 valence electrons. The summed E-state index contributed by atoms with van der Waals surface area (Å²) in [5.41, 5.74) is 3.71. The topological polar surface area (TPSA) is 73.1 Å². The quantitative estimate of drug-likeness (QED) is 0.685. The van der Waals surface area contributed by atoms with Crippen LogP contribution in [0.2, 0.25) is 0 Å². The number of hydrogen-bond donors (Lipinski definition) is 1. The van der Waals surface area contributed by atoms with Crippen LogP contribution in [-0.2, 0) is 0 Å². The van der Waals surface area contributed by atoms with Crippen molar-refractivity contribution in [2.75, 3.05) is 6.79 Å². The van der Waals surface area contributed by atoms with E-state index in [0.717, 1.165) is 5.56 Å². The average Bonchev–Trinajstić information content (AvgIpc) is 3.06. The second-order valence-corrected chi connectivity index (χ2v) is 4.20. The molecule has 1 amide bonds. The molecule has 2 aromatic rings. The van der Waals surface area contributed by atoms with E-state index >= 15 is 0 Å². The molecule has 6 heteroatoms. The van der Waals surface area contributed by atoms with Gasteiger partial charge in [-0.2, -0.15) is 5.10 Å². The summed E-state index contributed by atoms with van der Waals surface area (Å²) in [6, 6.07) is 7.01. The average molecular weight is 272 g/mol. The van der Waals surface area contributed by atoms with Crippen LogP contribution in [-0.4, -0.2) is 18.9 Å². The van der Waals surface area contributed by atoms with Crippen molar-refractivity contribution in [1.82, 2.24) is 5.43 Å². The Morgan fingerprint density at radius 3 is 2.95 bits per heavy atom. The first-order valence-corrected chi connectivity index (χ1v) is 6.01. The second-order valence-electron chi connectivity index (χ2n) is 4.20. The number of carbonyl (C=O) groups excluding carboxylic acids is 1. The van der Waals surface area contributed by atoms with Crippen molar-refractivity contribution in [2.24, 2.45) is 5.10 Å². The number of nitrogens with zero attached hydrogens (tertiary/aromatic N) is 1. The van der Waals surface area contributed by atoms with Gasteiger partial charge in [0.15, 0.2) is 11.5 Å². The van der Waals surface area contributed by atoms with Crippen molar-refractivity contribution in [3.63, 3.8) is 0 Å². The van der Waals surface area contributed by atoms with E-state index in [0.29, 0.717) is 22.8 Å². The third kappa shape index (κ3) is 2.35. The van der Waals surface area contributed by atoms with Crippen molar-refractivity contribution < 1.29 is 18.7 Å². The first-order chi connectivity index (χ1) is 9.74. The van der Waals surface area contributed by atoms with Crippen LogP contribution in [0.15, 0.2) is 40.0 Å². The molecular weight excluding hydrogens is 260 g/mol. The number of nitrogens with one attached hydrogen (secondary N) is 1. The molecule has 0 unspecified atom stereocenters. The van der Waals surface area contributed by atoms with Crippen LogP contribution in [0.3, 0.4) is 0 Å². The van der Waals surface area contributed by atoms with Gasteiger partial charge in [0.2, 0.25) is 6.79 Å². The third-order valence-electron chi connectivity index (χ3n) is 2.88. The van der Waals surface area contributed by atoms with Gasteiger partial charge in [-0.3, -0.25) is 4.79 Å². The minimum absolute atomic E-state index is 0.229. The zero-order chi connectivity index (χ0) is 13.9. The number of benzene rings is 1. The van der Waals surface area contributed by atoms with Gasteiger partial charge in [-0.05, 0) is 36.8 Å². The smallest absolute Gasteiger partial charge is 0.274 e. The Labute approximate surface area is 115 Å². The summed E-state index contributed by atoms with van der Waals surface area (Å²) in [5.74, 6) is 1.63. The molecule has 1 aliphatic heterocycles. The van der Waals surface area contributed by atoms with E-state index in [-0.39, 0.29) is 12.7 Å². The molecule has 0 saturated heterocycles. The highest BCUT2D eigenvalue weighted by molar-refractivity contribution is 5.95. The molecule has 0 spiro atoms. The van der Waals surface area contributed by atoms with Crippen LogP contribution in [0.4, 0.5) is 0 Å². The van der Waals surface area contributed by atoms with E-state index in [9.17, 15) is 4.79 Å². The van der Waals surface area contributed by atoms with Gasteiger partial charge < -0.3 is 13.9 Å². The zero-order valence-corrected chi connectivity index (χ0v) is 10.8. The lowest BCUT2D eigenvalue weighted by Crippen LogP contribution is -2.17. The van der Waals surface area contributed by atoms with Gasteiger partial charge in [0, 0.05) is 0 Å². The minimum atomic E-state index is -0.312.